The molecule has 2 aromatic carbocycles. The number of nitrogens with zero attached hydrogens (tertiary/aromatic N) is 2. The number of hydrogen-bond donors (Lipinski definition) is 0. The average molecular weight is 274 g/mol. The Kier molecular flexibility index (Phi) is 3.97. The molecule has 3 aromatic rings. The molecule has 21 heavy (non-hydrogen) atoms. The van der Waals surface area contributed by atoms with Gasteiger partial charge in [-0.05, 0) is 17.7 Å². The number of hydrogen-bond acceptors (Lipinski definition) is 1. The summed E-state index contributed by atoms with van der Waals surface area (Å²) in [6.07, 6.45) is 6.11. The highest BCUT2D eigenvalue weighted by molar-refractivity contribution is 5.90. The summed E-state index contributed by atoms with van der Waals surface area (Å²) in [5.41, 5.74) is 3.57. The van der Waals surface area contributed by atoms with Gasteiger partial charge in [-0.25, -0.2) is 0 Å². The number of para-hydroxylation sites is 1. The van der Waals surface area contributed by atoms with Crippen LogP contribution in [-0.2, 0) is 7.05 Å². The maximum Gasteiger partial charge on any atom is 0.0596 e. The smallest absolute Gasteiger partial charge is 0.0596 e. The predicted molar refractivity (Wildman–Crippen MR) is 90.9 cm³/mol. The van der Waals surface area contributed by atoms with Crippen LogP contribution in [0, 0.1) is 0 Å². The Morgan fingerprint density at radius 1 is 1.00 bits per heavy atom. The highest BCUT2D eigenvalue weighted by atomic mass is 15.0. The fraction of sp³-hybridized carbons (Fsp3) is 0.105. The molecule has 0 amide bonds. The largest absolute Gasteiger partial charge is 0.343 e. The van der Waals surface area contributed by atoms with E-state index in [0.717, 1.165) is 5.69 Å². The van der Waals surface area contributed by atoms with E-state index in [2.05, 4.69) is 71.2 Å². The van der Waals surface area contributed by atoms with Gasteiger partial charge in [-0.2, -0.15) is 0 Å². The van der Waals surface area contributed by atoms with E-state index in [-0.39, 0.29) is 0 Å². The van der Waals surface area contributed by atoms with Crippen LogP contribution in [0.15, 0.2) is 71.7 Å². The first-order valence-corrected chi connectivity index (χ1v) is 7.10. The monoisotopic (exact) mass is 274 g/mol. The number of aryl methyl sites for hydroxylation is 1. The minimum absolute atomic E-state index is 0.691. The summed E-state index contributed by atoms with van der Waals surface area (Å²) in [6, 6.07) is 20.8. The van der Waals surface area contributed by atoms with E-state index < -0.39 is 0 Å². The van der Waals surface area contributed by atoms with Gasteiger partial charge in [-0.3, -0.25) is 4.99 Å². The third-order valence-electron chi connectivity index (χ3n) is 3.53. The number of benzene rings is 2. The lowest BCUT2D eigenvalue weighted by Gasteiger charge is -1.98. The maximum absolute atomic E-state index is 4.48. The van der Waals surface area contributed by atoms with Crippen LogP contribution in [0.4, 0.5) is 0 Å². The van der Waals surface area contributed by atoms with Crippen molar-refractivity contribution in [2.75, 3.05) is 6.54 Å². The van der Waals surface area contributed by atoms with Crippen LogP contribution in [0.25, 0.3) is 17.0 Å². The lowest BCUT2D eigenvalue weighted by Crippen LogP contribution is -1.94. The van der Waals surface area contributed by atoms with Gasteiger partial charge >= 0.3 is 0 Å². The number of aliphatic imine (C=N–C) groups is 1. The molecule has 0 bridgehead atoms. The minimum atomic E-state index is 0.691. The lowest BCUT2D eigenvalue weighted by molar-refractivity contribution is 0.957. The summed E-state index contributed by atoms with van der Waals surface area (Å²) in [4.78, 5) is 4.48. The zero-order valence-corrected chi connectivity index (χ0v) is 12.1. The second-order valence-corrected chi connectivity index (χ2v) is 4.99. The quantitative estimate of drug-likeness (QED) is 0.631. The van der Waals surface area contributed by atoms with Gasteiger partial charge in [-0.15, -0.1) is 0 Å². The Morgan fingerprint density at radius 2 is 1.76 bits per heavy atom. The molecule has 1 aromatic heterocycles. The van der Waals surface area contributed by atoms with Gasteiger partial charge in [0, 0.05) is 24.2 Å². The van der Waals surface area contributed by atoms with Crippen LogP contribution in [0.5, 0.6) is 0 Å². The Labute approximate surface area is 125 Å². The van der Waals surface area contributed by atoms with Gasteiger partial charge in [0.15, 0.2) is 0 Å². The predicted octanol–water partition coefficient (Wildman–Crippen LogP) is 4.31. The van der Waals surface area contributed by atoms with Gasteiger partial charge in [0.1, 0.15) is 0 Å². The maximum atomic E-state index is 4.48. The summed E-state index contributed by atoms with van der Waals surface area (Å²) in [7, 11) is 2.07. The number of rotatable bonds is 4. The molecular formula is C19H18N2. The summed E-state index contributed by atoms with van der Waals surface area (Å²) < 4.78 is 2.17. The first-order chi connectivity index (χ1) is 10.3. The van der Waals surface area contributed by atoms with E-state index in [1.165, 1.54) is 16.5 Å². The zero-order chi connectivity index (χ0) is 14.5. The fourth-order valence-corrected chi connectivity index (χ4v) is 2.39. The molecule has 0 saturated heterocycles. The minimum Gasteiger partial charge on any atom is -0.343 e. The van der Waals surface area contributed by atoms with Crippen molar-refractivity contribution in [3.05, 3.63) is 78.0 Å². The third-order valence-corrected chi connectivity index (χ3v) is 3.53. The van der Waals surface area contributed by atoms with Gasteiger partial charge in [0.25, 0.3) is 0 Å². The van der Waals surface area contributed by atoms with Crippen LogP contribution in [0.2, 0.25) is 0 Å². The molecule has 1 heterocycles. The van der Waals surface area contributed by atoms with Gasteiger partial charge in [0.2, 0.25) is 0 Å². The molecular weight excluding hydrogens is 256 g/mol. The first-order valence-electron chi connectivity index (χ1n) is 7.10. The van der Waals surface area contributed by atoms with Gasteiger partial charge < -0.3 is 4.57 Å². The molecule has 0 fully saturated rings. The highest BCUT2D eigenvalue weighted by Crippen LogP contribution is 2.16. The van der Waals surface area contributed by atoms with Crippen LogP contribution in [-0.4, -0.2) is 17.3 Å². The first kappa shape index (κ1) is 13.4. The van der Waals surface area contributed by atoms with Crippen molar-refractivity contribution < 1.29 is 0 Å². The standard InChI is InChI=1S/C19H18N2/c1-21-18(14-17-11-5-6-12-19(17)21)15-20-13-7-10-16-8-3-2-4-9-16/h2-12,14-15H,13H2,1H3/b10-7+,20-15?. The second-order valence-electron chi connectivity index (χ2n) is 4.99. The van der Waals surface area contributed by atoms with E-state index in [1.54, 1.807) is 0 Å². The Morgan fingerprint density at radius 3 is 2.57 bits per heavy atom. The molecule has 0 spiro atoms. The van der Waals surface area contributed by atoms with E-state index >= 15 is 0 Å². The topological polar surface area (TPSA) is 17.3 Å². The Bertz CT molecular complexity index is 780. The molecule has 0 radical (unpaired) electrons. The lowest BCUT2D eigenvalue weighted by atomic mass is 10.2. The van der Waals surface area contributed by atoms with Crippen molar-refractivity contribution in [1.82, 2.24) is 4.57 Å². The SMILES string of the molecule is Cn1c(C=NC/C=C/c2ccccc2)cc2ccccc21. The summed E-state index contributed by atoms with van der Waals surface area (Å²) in [5.74, 6) is 0. The van der Waals surface area contributed by atoms with E-state index in [4.69, 9.17) is 0 Å². The van der Waals surface area contributed by atoms with E-state index in [9.17, 15) is 0 Å². The van der Waals surface area contributed by atoms with Crippen LogP contribution < -0.4 is 0 Å². The third kappa shape index (κ3) is 3.11. The molecule has 3 rings (SSSR count). The highest BCUT2D eigenvalue weighted by Gasteiger charge is 2.01. The van der Waals surface area contributed by atoms with Crippen LogP contribution >= 0.6 is 0 Å². The summed E-state index contributed by atoms with van der Waals surface area (Å²) >= 11 is 0. The van der Waals surface area contributed by atoms with Crippen molar-refractivity contribution in [2.24, 2.45) is 12.0 Å². The average Bonchev–Trinajstić information content (AvgIpc) is 2.85. The van der Waals surface area contributed by atoms with E-state index in [0.29, 0.717) is 6.54 Å². The molecule has 0 unspecified atom stereocenters. The molecule has 0 saturated carbocycles. The molecule has 2 heteroatoms. The molecule has 0 aliphatic carbocycles. The molecule has 0 aliphatic heterocycles. The molecule has 0 aliphatic rings. The molecule has 0 N–H and O–H groups in total. The van der Waals surface area contributed by atoms with Crippen molar-refractivity contribution in [2.45, 2.75) is 0 Å². The van der Waals surface area contributed by atoms with E-state index in [1.807, 2.05) is 24.4 Å². The Hall–Kier alpha value is -2.61. The van der Waals surface area contributed by atoms with Gasteiger partial charge in [0.05, 0.1) is 12.2 Å². The van der Waals surface area contributed by atoms with Crippen LogP contribution in [0.3, 0.4) is 0 Å². The number of fused-ring (bicyclic) bond motifs is 1. The second kappa shape index (κ2) is 6.23. The fourth-order valence-electron chi connectivity index (χ4n) is 2.39. The molecule has 104 valence electrons. The van der Waals surface area contributed by atoms with Gasteiger partial charge in [-0.1, -0.05) is 60.7 Å². The normalized spacial score (nSPS) is 11.9. The van der Waals surface area contributed by atoms with Crippen molar-refractivity contribution in [3.63, 3.8) is 0 Å². The Balaban J connectivity index is 1.68. The van der Waals surface area contributed by atoms with Crippen molar-refractivity contribution >= 4 is 23.2 Å². The van der Waals surface area contributed by atoms with Crippen molar-refractivity contribution in [1.29, 1.82) is 0 Å². The molecule has 2 nitrogen and oxygen atoms in total. The summed E-state index contributed by atoms with van der Waals surface area (Å²) in [6.45, 7) is 0.691. The van der Waals surface area contributed by atoms with Crippen LogP contribution in [0.1, 0.15) is 11.3 Å². The summed E-state index contributed by atoms with van der Waals surface area (Å²) in [5, 5.41) is 1.25. The zero-order valence-electron chi connectivity index (χ0n) is 12.1. The molecule has 0 atom stereocenters. The van der Waals surface area contributed by atoms with Crippen molar-refractivity contribution in [3.8, 4) is 0 Å². The number of aromatic nitrogens is 1.